The van der Waals surface area contributed by atoms with Crippen molar-refractivity contribution in [2.45, 2.75) is 58.4 Å². The van der Waals surface area contributed by atoms with Gasteiger partial charge in [0.2, 0.25) is 5.95 Å². The quantitative estimate of drug-likeness (QED) is 0.830. The van der Waals surface area contributed by atoms with Crippen molar-refractivity contribution in [3.8, 4) is 0 Å². The highest BCUT2D eigenvalue weighted by Gasteiger charge is 2.28. The number of likely N-dealkylation sites (tertiary alicyclic amines) is 1. The molecule has 134 valence electrons. The molecule has 3 rings (SSSR count). The first kappa shape index (κ1) is 17.5. The van der Waals surface area contributed by atoms with Crippen LogP contribution in [0.15, 0.2) is 12.3 Å². The van der Waals surface area contributed by atoms with Gasteiger partial charge in [-0.15, -0.1) is 0 Å². The van der Waals surface area contributed by atoms with Crippen LogP contribution in [0.4, 0.5) is 11.8 Å². The maximum atomic E-state index is 4.76. The third-order valence-corrected chi connectivity index (χ3v) is 5.53. The average Bonchev–Trinajstić information content (AvgIpc) is 2.86. The summed E-state index contributed by atoms with van der Waals surface area (Å²) >= 11 is 0. The molecule has 0 aromatic carbocycles. The summed E-state index contributed by atoms with van der Waals surface area (Å²) in [6, 6.07) is 2.55. The van der Waals surface area contributed by atoms with Crippen molar-refractivity contribution in [1.82, 2.24) is 14.9 Å². The molecule has 0 radical (unpaired) electrons. The highest BCUT2D eigenvalue weighted by molar-refractivity contribution is 5.43. The van der Waals surface area contributed by atoms with E-state index in [0.717, 1.165) is 43.9 Å². The molecular formula is C19H33N5. The van der Waals surface area contributed by atoms with Crippen LogP contribution in [-0.2, 0) is 0 Å². The molecule has 2 saturated heterocycles. The second-order valence-electron chi connectivity index (χ2n) is 7.38. The fraction of sp³-hybridized carbons (Fsp3) is 0.789. The smallest absolute Gasteiger partial charge is 0.224 e. The first-order valence-electron chi connectivity index (χ1n) is 9.85. The van der Waals surface area contributed by atoms with Gasteiger partial charge in [0.25, 0.3) is 0 Å². The fourth-order valence-corrected chi connectivity index (χ4v) is 3.80. The van der Waals surface area contributed by atoms with Gasteiger partial charge in [-0.05, 0) is 24.8 Å². The van der Waals surface area contributed by atoms with Crippen molar-refractivity contribution >= 4 is 11.8 Å². The van der Waals surface area contributed by atoms with E-state index in [9.17, 15) is 0 Å². The van der Waals surface area contributed by atoms with Gasteiger partial charge in [0, 0.05) is 38.9 Å². The van der Waals surface area contributed by atoms with E-state index >= 15 is 0 Å². The SMILES string of the molecule is CCC(CC)CN1CC(Nc2nccc(N3CCCCCC3)n2)C1. The number of nitrogens with zero attached hydrogens (tertiary/aromatic N) is 4. The molecule has 0 aliphatic carbocycles. The zero-order chi connectivity index (χ0) is 16.8. The predicted molar refractivity (Wildman–Crippen MR) is 101 cm³/mol. The Bertz CT molecular complexity index is 488. The van der Waals surface area contributed by atoms with Crippen LogP contribution in [0.3, 0.4) is 0 Å². The van der Waals surface area contributed by atoms with Crippen LogP contribution < -0.4 is 10.2 Å². The second kappa shape index (κ2) is 8.65. The van der Waals surface area contributed by atoms with Gasteiger partial charge < -0.3 is 10.2 Å². The number of hydrogen-bond acceptors (Lipinski definition) is 5. The lowest BCUT2D eigenvalue weighted by atomic mass is 9.99. The van der Waals surface area contributed by atoms with Crippen molar-refractivity contribution in [2.75, 3.05) is 42.9 Å². The van der Waals surface area contributed by atoms with E-state index in [1.807, 2.05) is 6.20 Å². The van der Waals surface area contributed by atoms with Gasteiger partial charge in [0.1, 0.15) is 5.82 Å². The predicted octanol–water partition coefficient (Wildman–Crippen LogP) is 3.39. The molecule has 0 unspecified atom stereocenters. The van der Waals surface area contributed by atoms with Gasteiger partial charge in [-0.3, -0.25) is 4.90 Å². The molecule has 5 heteroatoms. The van der Waals surface area contributed by atoms with E-state index < -0.39 is 0 Å². The summed E-state index contributed by atoms with van der Waals surface area (Å²) in [7, 11) is 0. The lowest BCUT2D eigenvalue weighted by Gasteiger charge is -2.41. The molecule has 2 fully saturated rings. The molecule has 2 aliphatic rings. The van der Waals surface area contributed by atoms with Gasteiger partial charge in [0.05, 0.1) is 6.04 Å². The first-order valence-corrected chi connectivity index (χ1v) is 9.85. The van der Waals surface area contributed by atoms with Gasteiger partial charge >= 0.3 is 0 Å². The monoisotopic (exact) mass is 331 g/mol. The number of aromatic nitrogens is 2. The summed E-state index contributed by atoms with van der Waals surface area (Å²) in [5.74, 6) is 2.72. The summed E-state index contributed by atoms with van der Waals surface area (Å²) in [6.45, 7) is 10.3. The highest BCUT2D eigenvalue weighted by Crippen LogP contribution is 2.20. The van der Waals surface area contributed by atoms with E-state index in [4.69, 9.17) is 4.98 Å². The molecular weight excluding hydrogens is 298 g/mol. The minimum atomic E-state index is 0.499. The molecule has 2 aliphatic heterocycles. The van der Waals surface area contributed by atoms with Gasteiger partial charge in [-0.25, -0.2) is 4.98 Å². The van der Waals surface area contributed by atoms with E-state index in [-0.39, 0.29) is 0 Å². The third kappa shape index (κ3) is 4.59. The topological polar surface area (TPSA) is 44.3 Å². The van der Waals surface area contributed by atoms with Crippen LogP contribution in [0.5, 0.6) is 0 Å². The van der Waals surface area contributed by atoms with Crippen LogP contribution >= 0.6 is 0 Å². The summed E-state index contributed by atoms with van der Waals surface area (Å²) in [5, 5.41) is 3.52. The Morgan fingerprint density at radius 3 is 2.50 bits per heavy atom. The maximum absolute atomic E-state index is 4.76. The summed E-state index contributed by atoms with van der Waals surface area (Å²) < 4.78 is 0. The van der Waals surface area contributed by atoms with Crippen LogP contribution in [-0.4, -0.2) is 53.6 Å². The maximum Gasteiger partial charge on any atom is 0.224 e. The fourth-order valence-electron chi connectivity index (χ4n) is 3.80. The van der Waals surface area contributed by atoms with Gasteiger partial charge in [-0.1, -0.05) is 39.5 Å². The number of nitrogens with one attached hydrogen (secondary N) is 1. The Kier molecular flexibility index (Phi) is 6.30. The Morgan fingerprint density at radius 1 is 1.12 bits per heavy atom. The molecule has 5 nitrogen and oxygen atoms in total. The van der Waals surface area contributed by atoms with Crippen LogP contribution in [0.25, 0.3) is 0 Å². The first-order chi connectivity index (χ1) is 11.8. The zero-order valence-corrected chi connectivity index (χ0v) is 15.4. The van der Waals surface area contributed by atoms with Crippen molar-refractivity contribution in [3.05, 3.63) is 12.3 Å². The lowest BCUT2D eigenvalue weighted by molar-refractivity contribution is 0.132. The number of anilines is 2. The standard InChI is InChI=1S/C19H33N5/c1-3-16(4-2)13-23-14-17(15-23)21-19-20-10-9-18(22-19)24-11-7-5-6-8-12-24/h9-10,16-17H,3-8,11-15H2,1-2H3,(H,20,21,22). The Balaban J connectivity index is 1.49. The van der Waals surface area contributed by atoms with Crippen molar-refractivity contribution in [2.24, 2.45) is 5.92 Å². The molecule has 0 bridgehead atoms. The lowest BCUT2D eigenvalue weighted by Crippen LogP contribution is -2.56. The van der Waals surface area contributed by atoms with E-state index in [1.54, 1.807) is 0 Å². The molecule has 1 N–H and O–H groups in total. The Labute approximate surface area is 146 Å². The molecule has 0 saturated carbocycles. The third-order valence-electron chi connectivity index (χ3n) is 5.53. The molecule has 1 aromatic heterocycles. The van der Waals surface area contributed by atoms with Crippen molar-refractivity contribution in [1.29, 1.82) is 0 Å². The second-order valence-corrected chi connectivity index (χ2v) is 7.38. The molecule has 1 aromatic rings. The minimum Gasteiger partial charge on any atom is -0.356 e. The Hall–Kier alpha value is -1.36. The number of hydrogen-bond donors (Lipinski definition) is 1. The summed E-state index contributed by atoms with van der Waals surface area (Å²) in [4.78, 5) is 14.2. The molecule has 0 amide bonds. The highest BCUT2D eigenvalue weighted by atomic mass is 15.3. The van der Waals surface area contributed by atoms with Crippen LogP contribution in [0, 0.1) is 5.92 Å². The molecule has 24 heavy (non-hydrogen) atoms. The van der Waals surface area contributed by atoms with Crippen LogP contribution in [0.1, 0.15) is 52.4 Å². The van der Waals surface area contributed by atoms with E-state index in [2.05, 4.69) is 40.0 Å². The molecule has 0 spiro atoms. The molecule has 3 heterocycles. The van der Waals surface area contributed by atoms with Gasteiger partial charge in [-0.2, -0.15) is 4.98 Å². The van der Waals surface area contributed by atoms with E-state index in [1.165, 1.54) is 45.1 Å². The van der Waals surface area contributed by atoms with E-state index in [0.29, 0.717) is 6.04 Å². The largest absolute Gasteiger partial charge is 0.356 e. The zero-order valence-electron chi connectivity index (χ0n) is 15.4. The Morgan fingerprint density at radius 2 is 1.83 bits per heavy atom. The summed E-state index contributed by atoms with van der Waals surface area (Å²) in [6.07, 6.45) is 9.72. The molecule has 0 atom stereocenters. The van der Waals surface area contributed by atoms with Crippen molar-refractivity contribution < 1.29 is 0 Å². The normalized spacial score (nSPS) is 20.0. The average molecular weight is 332 g/mol. The minimum absolute atomic E-state index is 0.499. The van der Waals surface area contributed by atoms with Crippen LogP contribution in [0.2, 0.25) is 0 Å². The number of rotatable bonds is 7. The van der Waals surface area contributed by atoms with Crippen molar-refractivity contribution in [3.63, 3.8) is 0 Å². The van der Waals surface area contributed by atoms with Gasteiger partial charge in [0.15, 0.2) is 0 Å². The summed E-state index contributed by atoms with van der Waals surface area (Å²) in [5.41, 5.74) is 0.